The smallest absolute Gasteiger partial charge is 0.142 e. The maximum Gasteiger partial charge on any atom is 0.142 e. The van der Waals surface area contributed by atoms with Crippen molar-refractivity contribution in [2.24, 2.45) is 4.99 Å². The van der Waals surface area contributed by atoms with Gasteiger partial charge in [0.05, 0.1) is 12.2 Å². The van der Waals surface area contributed by atoms with Gasteiger partial charge < -0.3 is 19.5 Å². The largest absolute Gasteiger partial charge is 0.490 e. The van der Waals surface area contributed by atoms with Gasteiger partial charge in [-0.05, 0) is 75.6 Å². The minimum atomic E-state index is 0.713. The average Bonchev–Trinajstić information content (AvgIpc) is 3.30. The van der Waals surface area contributed by atoms with E-state index >= 15 is 0 Å². The molecule has 0 unspecified atom stereocenters. The number of hydrogen-bond acceptors (Lipinski definition) is 4. The van der Waals surface area contributed by atoms with E-state index in [4.69, 9.17) is 4.74 Å². The van der Waals surface area contributed by atoms with E-state index in [0.29, 0.717) is 6.61 Å². The fourth-order valence-electron chi connectivity index (χ4n) is 3.70. The summed E-state index contributed by atoms with van der Waals surface area (Å²) in [6.07, 6.45) is 16.9. The van der Waals surface area contributed by atoms with Crippen molar-refractivity contribution in [1.82, 2.24) is 4.98 Å². The van der Waals surface area contributed by atoms with Gasteiger partial charge in [-0.25, -0.2) is 0 Å². The second kappa shape index (κ2) is 14.6. The van der Waals surface area contributed by atoms with Crippen LogP contribution in [0.3, 0.4) is 0 Å². The number of aromatic amines is 1. The number of hydrogen-bond donors (Lipinski definition) is 1. The Morgan fingerprint density at radius 2 is 2.03 bits per heavy atom. The van der Waals surface area contributed by atoms with E-state index in [1.165, 1.54) is 11.1 Å². The third kappa shape index (κ3) is 8.19. The molecule has 0 atom stereocenters. The standard InChI is InChI=1S/C19H23N3O.C12H19N/c1-5-15(3)21(4)17-6-7-19-18(10-17)22(8-9-23-19)13-16-12-20-11-14(16)2;1-5-8-9-10-11(4)13-12(6-2)7-3/h5-7,10-12,20H,1,3,8-9,13H2,2,4H3;5-6,8-10H,7H2,1-4H3/b;8-5-,10-9-,12-6-,13-11+. The molecule has 0 amide bonds. The summed E-state index contributed by atoms with van der Waals surface area (Å²) in [5.74, 6) is 0.936. The van der Waals surface area contributed by atoms with Gasteiger partial charge in [-0.2, -0.15) is 0 Å². The Morgan fingerprint density at radius 1 is 1.25 bits per heavy atom. The molecule has 5 nitrogen and oxygen atoms in total. The van der Waals surface area contributed by atoms with Gasteiger partial charge in [0.25, 0.3) is 0 Å². The molecule has 2 aromatic rings. The second-order valence-corrected chi connectivity index (χ2v) is 8.61. The van der Waals surface area contributed by atoms with Crippen molar-refractivity contribution in [3.63, 3.8) is 0 Å². The highest BCUT2D eigenvalue weighted by Gasteiger charge is 2.20. The van der Waals surface area contributed by atoms with Gasteiger partial charge in [0.15, 0.2) is 0 Å². The van der Waals surface area contributed by atoms with Crippen LogP contribution in [0.15, 0.2) is 96.6 Å². The van der Waals surface area contributed by atoms with Gasteiger partial charge in [0.2, 0.25) is 0 Å². The molecule has 0 aliphatic carbocycles. The lowest BCUT2D eigenvalue weighted by molar-refractivity contribution is 0.307. The molecule has 0 radical (unpaired) electrons. The first-order chi connectivity index (χ1) is 17.3. The van der Waals surface area contributed by atoms with E-state index in [9.17, 15) is 0 Å². The Kier molecular flexibility index (Phi) is 11.6. The van der Waals surface area contributed by atoms with E-state index in [1.807, 2.05) is 75.4 Å². The number of aryl methyl sites for hydroxylation is 1. The molecule has 0 spiro atoms. The van der Waals surface area contributed by atoms with E-state index in [-0.39, 0.29) is 0 Å². The Balaban J connectivity index is 0.000000302. The van der Waals surface area contributed by atoms with Crippen LogP contribution in [-0.2, 0) is 6.54 Å². The topological polar surface area (TPSA) is 43.9 Å². The number of nitrogens with zero attached hydrogens (tertiary/aromatic N) is 3. The van der Waals surface area contributed by atoms with Crippen LogP contribution < -0.4 is 14.5 Å². The van der Waals surface area contributed by atoms with Crippen LogP contribution in [0.2, 0.25) is 0 Å². The first-order valence-corrected chi connectivity index (χ1v) is 12.5. The molecule has 192 valence electrons. The lowest BCUT2D eigenvalue weighted by atomic mass is 10.1. The van der Waals surface area contributed by atoms with Crippen LogP contribution in [0.1, 0.15) is 45.2 Å². The summed E-state index contributed by atoms with van der Waals surface area (Å²) >= 11 is 0. The number of nitrogens with one attached hydrogen (secondary N) is 1. The van der Waals surface area contributed by atoms with Crippen LogP contribution in [0.5, 0.6) is 5.75 Å². The Morgan fingerprint density at radius 3 is 2.64 bits per heavy atom. The van der Waals surface area contributed by atoms with E-state index < -0.39 is 0 Å². The fraction of sp³-hybridized carbons (Fsp3) is 0.323. The molecule has 0 saturated carbocycles. The third-order valence-electron chi connectivity index (χ3n) is 6.04. The zero-order chi connectivity index (χ0) is 26.5. The van der Waals surface area contributed by atoms with Crippen LogP contribution in [-0.4, -0.2) is 30.9 Å². The summed E-state index contributed by atoms with van der Waals surface area (Å²) < 4.78 is 5.81. The number of fused-ring (bicyclic) bond motifs is 1. The number of anilines is 2. The van der Waals surface area contributed by atoms with Crippen LogP contribution in [0.4, 0.5) is 11.4 Å². The minimum absolute atomic E-state index is 0.713. The van der Waals surface area contributed by atoms with Crippen LogP contribution >= 0.6 is 0 Å². The van der Waals surface area contributed by atoms with Gasteiger partial charge in [-0.1, -0.05) is 44.4 Å². The summed E-state index contributed by atoms with van der Waals surface area (Å²) in [5, 5.41) is 0. The highest BCUT2D eigenvalue weighted by atomic mass is 16.5. The maximum atomic E-state index is 5.81. The van der Waals surface area contributed by atoms with Gasteiger partial charge in [-0.3, -0.25) is 4.99 Å². The molecule has 2 heterocycles. The molecule has 3 rings (SSSR count). The van der Waals surface area contributed by atoms with E-state index in [1.54, 1.807) is 6.08 Å². The number of ether oxygens (including phenoxy) is 1. The highest BCUT2D eigenvalue weighted by molar-refractivity contribution is 5.93. The first-order valence-electron chi connectivity index (χ1n) is 12.5. The van der Waals surface area contributed by atoms with Gasteiger partial charge in [-0.15, -0.1) is 0 Å². The molecule has 0 fully saturated rings. The Labute approximate surface area is 217 Å². The molecular weight excluding hydrogens is 444 g/mol. The van der Waals surface area contributed by atoms with Crippen LogP contribution in [0, 0.1) is 6.92 Å². The van der Waals surface area contributed by atoms with Crippen molar-refractivity contribution in [3.8, 4) is 5.75 Å². The molecule has 0 bridgehead atoms. The van der Waals surface area contributed by atoms with Crippen molar-refractivity contribution in [3.05, 3.63) is 103 Å². The average molecular weight is 487 g/mol. The molecule has 1 aliphatic heterocycles. The zero-order valence-corrected chi connectivity index (χ0v) is 22.8. The first kappa shape index (κ1) is 28.5. The Hall–Kier alpha value is -3.73. The summed E-state index contributed by atoms with van der Waals surface area (Å²) in [7, 11) is 2.00. The number of aromatic nitrogens is 1. The number of likely N-dealkylation sites (N-methyl/N-ethyl adjacent to an activating group) is 1. The summed E-state index contributed by atoms with van der Waals surface area (Å²) in [5.41, 5.74) is 7.86. The molecular formula is C31H42N4O. The monoisotopic (exact) mass is 486 g/mol. The quantitative estimate of drug-likeness (QED) is 0.291. The maximum absolute atomic E-state index is 5.81. The zero-order valence-electron chi connectivity index (χ0n) is 22.8. The predicted molar refractivity (Wildman–Crippen MR) is 157 cm³/mol. The van der Waals surface area contributed by atoms with Crippen molar-refractivity contribution >= 4 is 17.1 Å². The van der Waals surface area contributed by atoms with E-state index in [0.717, 1.165) is 53.7 Å². The van der Waals surface area contributed by atoms with E-state index in [2.05, 4.69) is 60.2 Å². The second-order valence-electron chi connectivity index (χ2n) is 8.61. The molecule has 1 aromatic carbocycles. The summed E-state index contributed by atoms with van der Waals surface area (Å²) in [4.78, 5) is 12.0. The highest BCUT2D eigenvalue weighted by Crippen LogP contribution is 2.36. The number of rotatable bonds is 9. The molecule has 36 heavy (non-hydrogen) atoms. The summed E-state index contributed by atoms with van der Waals surface area (Å²) in [6, 6.07) is 6.25. The lowest BCUT2D eigenvalue weighted by Crippen LogP contribution is -2.32. The molecule has 1 N–H and O–H groups in total. The third-order valence-corrected chi connectivity index (χ3v) is 6.04. The molecule has 0 saturated heterocycles. The van der Waals surface area contributed by atoms with Crippen molar-refractivity contribution in [1.29, 1.82) is 0 Å². The summed E-state index contributed by atoms with van der Waals surface area (Å²) in [6.45, 7) is 20.5. The lowest BCUT2D eigenvalue weighted by Gasteiger charge is -2.32. The number of benzene rings is 1. The SMILES string of the molecule is C=CC(=C)N(C)c1ccc2c(c1)N(Cc1c[nH]cc1C)CCO2.C\C=C/C=C\C(C)=N\C(=C/C)CC. The minimum Gasteiger partial charge on any atom is -0.490 e. The number of aliphatic imine (C=N–C) groups is 1. The van der Waals surface area contributed by atoms with Gasteiger partial charge in [0.1, 0.15) is 12.4 Å². The number of allylic oxidation sites excluding steroid dienone is 7. The van der Waals surface area contributed by atoms with Crippen LogP contribution in [0.25, 0.3) is 0 Å². The molecule has 1 aromatic heterocycles. The number of H-pyrrole nitrogens is 1. The molecule has 5 heteroatoms. The fourth-order valence-corrected chi connectivity index (χ4v) is 3.70. The normalized spacial score (nSPS) is 13.8. The predicted octanol–water partition coefficient (Wildman–Crippen LogP) is 7.75. The van der Waals surface area contributed by atoms with Crippen molar-refractivity contribution in [2.45, 2.75) is 47.6 Å². The van der Waals surface area contributed by atoms with Gasteiger partial charge in [0, 0.05) is 48.8 Å². The van der Waals surface area contributed by atoms with Crippen molar-refractivity contribution < 1.29 is 4.74 Å². The van der Waals surface area contributed by atoms with Crippen molar-refractivity contribution in [2.75, 3.05) is 30.0 Å². The molecule has 1 aliphatic rings. The van der Waals surface area contributed by atoms with Gasteiger partial charge >= 0.3 is 0 Å². The Bertz CT molecular complexity index is 1130.